The van der Waals surface area contributed by atoms with Crippen LogP contribution in [0, 0.1) is 5.92 Å². The van der Waals surface area contributed by atoms with Crippen molar-refractivity contribution in [3.8, 4) is 0 Å². The van der Waals surface area contributed by atoms with Crippen LogP contribution >= 0.6 is 0 Å². The molecule has 0 amide bonds. The molecular formula is C15H26N4. The van der Waals surface area contributed by atoms with Gasteiger partial charge >= 0.3 is 0 Å². The summed E-state index contributed by atoms with van der Waals surface area (Å²) in [6.07, 6.45) is 15.2. The lowest BCUT2D eigenvalue weighted by Crippen LogP contribution is -2.48. The summed E-state index contributed by atoms with van der Waals surface area (Å²) in [6, 6.07) is 1.82. The Morgan fingerprint density at radius 3 is 2.74 bits per heavy atom. The zero-order valence-corrected chi connectivity index (χ0v) is 11.7. The molecule has 1 aromatic heterocycles. The van der Waals surface area contributed by atoms with Gasteiger partial charge in [-0.15, -0.1) is 0 Å². The molecule has 0 spiro atoms. The third-order valence-electron chi connectivity index (χ3n) is 5.03. The van der Waals surface area contributed by atoms with E-state index in [1.165, 1.54) is 44.9 Å². The second-order valence-corrected chi connectivity index (χ2v) is 6.17. The van der Waals surface area contributed by atoms with Gasteiger partial charge in [0.15, 0.2) is 0 Å². The molecule has 1 aromatic rings. The van der Waals surface area contributed by atoms with Crippen molar-refractivity contribution >= 4 is 0 Å². The Morgan fingerprint density at radius 1 is 1.11 bits per heavy atom. The van der Waals surface area contributed by atoms with E-state index >= 15 is 0 Å². The van der Waals surface area contributed by atoms with Crippen molar-refractivity contribution < 1.29 is 0 Å². The number of hydrogen-bond donors (Lipinski definition) is 2. The molecule has 106 valence electrons. The Hall–Kier alpha value is -0.870. The second-order valence-electron chi connectivity index (χ2n) is 6.17. The molecule has 19 heavy (non-hydrogen) atoms. The van der Waals surface area contributed by atoms with Crippen LogP contribution in [0.2, 0.25) is 0 Å². The Balaban J connectivity index is 1.64. The minimum atomic E-state index is 0.586. The maximum atomic E-state index is 5.94. The summed E-state index contributed by atoms with van der Waals surface area (Å²) in [5, 5.41) is 3.93. The van der Waals surface area contributed by atoms with Crippen LogP contribution in [0.25, 0.3) is 0 Å². The molecule has 0 radical (unpaired) electrons. The molecule has 0 aliphatic heterocycles. The Morgan fingerprint density at radius 2 is 1.95 bits per heavy atom. The maximum absolute atomic E-state index is 5.94. The standard InChI is InChI=1S/C15H26N4/c16-10-12-4-1-2-5-13(12)18-14-6-3-7-15(14)19-9-8-17-11-19/h8-9,11-15,18H,1-7,10,16H2. The van der Waals surface area contributed by atoms with Crippen LogP contribution < -0.4 is 11.1 Å². The zero-order chi connectivity index (χ0) is 13.1. The third-order valence-corrected chi connectivity index (χ3v) is 5.03. The van der Waals surface area contributed by atoms with Gasteiger partial charge in [-0.3, -0.25) is 0 Å². The van der Waals surface area contributed by atoms with Gasteiger partial charge in [0, 0.05) is 30.5 Å². The fraction of sp³-hybridized carbons (Fsp3) is 0.800. The molecule has 0 bridgehead atoms. The van der Waals surface area contributed by atoms with E-state index in [1.54, 1.807) is 0 Å². The van der Waals surface area contributed by atoms with Crippen LogP contribution in [0.15, 0.2) is 18.7 Å². The Labute approximate surface area is 115 Å². The molecule has 4 nitrogen and oxygen atoms in total. The molecule has 1 heterocycles. The average molecular weight is 262 g/mol. The highest BCUT2D eigenvalue weighted by molar-refractivity contribution is 4.94. The first kappa shape index (κ1) is 13.1. The van der Waals surface area contributed by atoms with Gasteiger partial charge < -0.3 is 15.6 Å². The first-order chi connectivity index (χ1) is 9.38. The smallest absolute Gasteiger partial charge is 0.0949 e. The lowest BCUT2D eigenvalue weighted by atomic mass is 9.84. The van der Waals surface area contributed by atoms with Crippen LogP contribution in [0.1, 0.15) is 51.0 Å². The van der Waals surface area contributed by atoms with Gasteiger partial charge in [-0.25, -0.2) is 4.98 Å². The predicted octanol–water partition coefficient (Wildman–Crippen LogP) is 2.08. The van der Waals surface area contributed by atoms with Gasteiger partial charge in [-0.2, -0.15) is 0 Å². The van der Waals surface area contributed by atoms with Crippen LogP contribution in [0.4, 0.5) is 0 Å². The SMILES string of the molecule is NCC1CCCCC1NC1CCCC1n1ccnc1. The van der Waals surface area contributed by atoms with E-state index < -0.39 is 0 Å². The van der Waals surface area contributed by atoms with E-state index in [9.17, 15) is 0 Å². The summed E-state index contributed by atoms with van der Waals surface area (Å²) < 4.78 is 2.28. The highest BCUT2D eigenvalue weighted by Gasteiger charge is 2.32. The number of nitrogens with zero attached hydrogens (tertiary/aromatic N) is 2. The van der Waals surface area contributed by atoms with Crippen LogP contribution in [-0.4, -0.2) is 28.2 Å². The summed E-state index contributed by atoms with van der Waals surface area (Å²) in [7, 11) is 0. The monoisotopic (exact) mass is 262 g/mol. The van der Waals surface area contributed by atoms with Crippen molar-refractivity contribution in [2.24, 2.45) is 11.7 Å². The van der Waals surface area contributed by atoms with E-state index in [1.807, 2.05) is 12.5 Å². The molecular weight excluding hydrogens is 236 g/mol. The van der Waals surface area contributed by atoms with Crippen LogP contribution in [-0.2, 0) is 0 Å². The second kappa shape index (κ2) is 6.06. The average Bonchev–Trinajstić information content (AvgIpc) is 3.09. The minimum Gasteiger partial charge on any atom is -0.333 e. The van der Waals surface area contributed by atoms with Gasteiger partial charge in [-0.05, 0) is 44.6 Å². The zero-order valence-electron chi connectivity index (χ0n) is 11.7. The predicted molar refractivity (Wildman–Crippen MR) is 76.8 cm³/mol. The van der Waals surface area contributed by atoms with E-state index in [0.717, 1.165) is 6.54 Å². The minimum absolute atomic E-state index is 0.586. The fourth-order valence-corrected chi connectivity index (χ4v) is 3.94. The van der Waals surface area contributed by atoms with Gasteiger partial charge in [0.05, 0.1) is 6.33 Å². The lowest BCUT2D eigenvalue weighted by molar-refractivity contribution is 0.230. The maximum Gasteiger partial charge on any atom is 0.0949 e. The first-order valence-electron chi connectivity index (χ1n) is 7.82. The number of rotatable bonds is 4. The number of imidazole rings is 1. The molecule has 4 atom stereocenters. The van der Waals surface area contributed by atoms with Crippen molar-refractivity contribution in [3.63, 3.8) is 0 Å². The van der Waals surface area contributed by atoms with E-state index in [2.05, 4.69) is 21.1 Å². The van der Waals surface area contributed by atoms with Gasteiger partial charge in [0.25, 0.3) is 0 Å². The van der Waals surface area contributed by atoms with E-state index in [-0.39, 0.29) is 0 Å². The molecule has 2 saturated carbocycles. The topological polar surface area (TPSA) is 55.9 Å². The number of nitrogens with two attached hydrogens (primary N) is 1. The molecule has 0 aromatic carbocycles. The Bertz CT molecular complexity index is 376. The van der Waals surface area contributed by atoms with Crippen molar-refractivity contribution in [1.82, 2.24) is 14.9 Å². The van der Waals surface area contributed by atoms with Crippen molar-refractivity contribution in [3.05, 3.63) is 18.7 Å². The van der Waals surface area contributed by atoms with Gasteiger partial charge in [0.1, 0.15) is 0 Å². The fourth-order valence-electron chi connectivity index (χ4n) is 3.94. The lowest BCUT2D eigenvalue weighted by Gasteiger charge is -2.35. The van der Waals surface area contributed by atoms with Crippen LogP contribution in [0.3, 0.4) is 0 Å². The highest BCUT2D eigenvalue weighted by Crippen LogP contribution is 2.32. The summed E-state index contributed by atoms with van der Waals surface area (Å²) in [6.45, 7) is 0.833. The van der Waals surface area contributed by atoms with E-state index in [4.69, 9.17) is 5.73 Å². The summed E-state index contributed by atoms with van der Waals surface area (Å²) in [5.41, 5.74) is 5.94. The molecule has 2 aliphatic carbocycles. The largest absolute Gasteiger partial charge is 0.333 e. The van der Waals surface area contributed by atoms with Gasteiger partial charge in [-0.1, -0.05) is 12.8 Å². The number of nitrogens with one attached hydrogen (secondary N) is 1. The molecule has 3 rings (SSSR count). The molecule has 4 unspecified atom stereocenters. The Kier molecular flexibility index (Phi) is 4.18. The number of hydrogen-bond acceptors (Lipinski definition) is 3. The normalized spacial score (nSPS) is 35.6. The number of aromatic nitrogens is 2. The first-order valence-corrected chi connectivity index (χ1v) is 7.82. The van der Waals surface area contributed by atoms with Gasteiger partial charge in [0.2, 0.25) is 0 Å². The molecule has 2 aliphatic rings. The van der Waals surface area contributed by atoms with Crippen molar-refractivity contribution in [2.75, 3.05) is 6.54 Å². The van der Waals surface area contributed by atoms with E-state index in [0.29, 0.717) is 24.0 Å². The molecule has 0 saturated heterocycles. The molecule has 3 N–H and O–H groups in total. The third kappa shape index (κ3) is 2.84. The van der Waals surface area contributed by atoms with Crippen LogP contribution in [0.5, 0.6) is 0 Å². The quantitative estimate of drug-likeness (QED) is 0.873. The molecule has 2 fully saturated rings. The summed E-state index contributed by atoms with van der Waals surface area (Å²) in [5.74, 6) is 0.679. The van der Waals surface area contributed by atoms with Crippen molar-refractivity contribution in [2.45, 2.75) is 63.1 Å². The molecule has 4 heteroatoms. The summed E-state index contributed by atoms with van der Waals surface area (Å²) in [4.78, 5) is 4.19. The van der Waals surface area contributed by atoms with Crippen molar-refractivity contribution in [1.29, 1.82) is 0 Å². The summed E-state index contributed by atoms with van der Waals surface area (Å²) >= 11 is 0. The highest BCUT2D eigenvalue weighted by atomic mass is 15.1.